The van der Waals surface area contributed by atoms with Gasteiger partial charge in [0.25, 0.3) is 0 Å². The van der Waals surface area contributed by atoms with Crippen molar-refractivity contribution in [3.05, 3.63) is 55.9 Å². The van der Waals surface area contributed by atoms with Gasteiger partial charge in [0.15, 0.2) is 0 Å². The second kappa shape index (κ2) is 7.09. The van der Waals surface area contributed by atoms with Crippen LogP contribution in [-0.4, -0.2) is 23.7 Å². The van der Waals surface area contributed by atoms with Gasteiger partial charge in [0.05, 0.1) is 5.54 Å². The van der Waals surface area contributed by atoms with E-state index in [1.807, 2.05) is 19.9 Å². The van der Waals surface area contributed by atoms with Crippen LogP contribution in [0.3, 0.4) is 0 Å². The highest BCUT2D eigenvalue weighted by Gasteiger charge is 2.36. The summed E-state index contributed by atoms with van der Waals surface area (Å²) in [5.74, 6) is -0.590. The van der Waals surface area contributed by atoms with Crippen molar-refractivity contribution in [1.29, 1.82) is 0 Å². The number of thiazole rings is 1. The second-order valence-corrected chi connectivity index (χ2v) is 7.51. The largest absolute Gasteiger partial charge is 0.381 e. The summed E-state index contributed by atoms with van der Waals surface area (Å²) in [5.41, 5.74) is 0.867. The number of ether oxygens (including phenoxy) is 1. The van der Waals surface area contributed by atoms with Gasteiger partial charge < -0.3 is 10.1 Å². The molecule has 1 aromatic heterocycles. The molecule has 0 atom stereocenters. The lowest BCUT2D eigenvalue weighted by molar-refractivity contribution is -0.125. The minimum absolute atomic E-state index is 0.0348. The summed E-state index contributed by atoms with van der Waals surface area (Å²) in [6.07, 6.45) is 1.14. The Morgan fingerprint density at radius 2 is 2.08 bits per heavy atom. The lowest BCUT2D eigenvalue weighted by Gasteiger charge is -2.38. The molecule has 2 heterocycles. The summed E-state index contributed by atoms with van der Waals surface area (Å²) in [5, 5.41) is 3.05. The van der Waals surface area contributed by atoms with Crippen LogP contribution in [0.4, 0.5) is 4.39 Å². The molecule has 3 rings (SSSR count). The predicted molar refractivity (Wildman–Crippen MR) is 94.3 cm³/mol. The topological polar surface area (TPSA) is 60.3 Å². The Kier molecular flexibility index (Phi) is 5.06. The van der Waals surface area contributed by atoms with Crippen LogP contribution in [0.1, 0.15) is 29.0 Å². The Morgan fingerprint density at radius 3 is 2.68 bits per heavy atom. The van der Waals surface area contributed by atoms with Gasteiger partial charge in [-0.15, -0.1) is 0 Å². The molecule has 5 nitrogen and oxygen atoms in total. The fraction of sp³-hybridized carbons (Fsp3) is 0.444. The molecule has 1 aromatic carbocycles. The first kappa shape index (κ1) is 17.8. The van der Waals surface area contributed by atoms with Crippen molar-refractivity contribution >= 4 is 17.2 Å². The number of aromatic nitrogens is 1. The van der Waals surface area contributed by atoms with E-state index in [1.54, 1.807) is 6.07 Å². The lowest BCUT2D eigenvalue weighted by atomic mass is 9.82. The molecule has 0 saturated carbocycles. The molecule has 0 unspecified atom stereocenters. The summed E-state index contributed by atoms with van der Waals surface area (Å²) >= 11 is 1.14. The maximum absolute atomic E-state index is 13.7. The van der Waals surface area contributed by atoms with E-state index >= 15 is 0 Å². The van der Waals surface area contributed by atoms with Gasteiger partial charge >= 0.3 is 4.87 Å². The number of hydrogen-bond donors (Lipinski definition) is 1. The van der Waals surface area contributed by atoms with E-state index in [4.69, 9.17) is 4.74 Å². The molecule has 1 aliphatic rings. The Hall–Kier alpha value is -1.99. The molecular weight excluding hydrogens is 343 g/mol. The van der Waals surface area contributed by atoms with Gasteiger partial charge in [0, 0.05) is 23.8 Å². The third-order valence-corrected chi connectivity index (χ3v) is 5.78. The standard InChI is InChI=1S/C18H21FN2O3S/c1-12-13(2)25-17(23)21(12)11-16(22)20-18(6-8-24-9-7-18)14-4-3-5-15(19)10-14/h3-5,10H,6-9,11H2,1-2H3,(H,20,22). The van der Waals surface area contributed by atoms with E-state index < -0.39 is 5.54 Å². The van der Waals surface area contributed by atoms with E-state index in [1.165, 1.54) is 16.7 Å². The van der Waals surface area contributed by atoms with E-state index in [9.17, 15) is 14.0 Å². The number of nitrogens with one attached hydrogen (secondary N) is 1. The fourth-order valence-corrected chi connectivity index (χ4v) is 4.04. The van der Waals surface area contributed by atoms with Gasteiger partial charge in [-0.1, -0.05) is 23.5 Å². The molecular formula is C18H21FN2O3S. The van der Waals surface area contributed by atoms with Crippen LogP contribution in [0.5, 0.6) is 0 Å². The summed E-state index contributed by atoms with van der Waals surface area (Å²) in [7, 11) is 0. The highest BCUT2D eigenvalue weighted by molar-refractivity contribution is 7.09. The number of halogens is 1. The number of aryl methyl sites for hydroxylation is 1. The molecule has 1 fully saturated rings. The van der Waals surface area contributed by atoms with Crippen LogP contribution >= 0.6 is 11.3 Å². The number of carbonyl (C=O) groups excluding carboxylic acids is 1. The number of benzene rings is 1. The number of hydrogen-bond acceptors (Lipinski definition) is 4. The number of rotatable bonds is 4. The van der Waals surface area contributed by atoms with Crippen LogP contribution in [0.2, 0.25) is 0 Å². The van der Waals surface area contributed by atoms with Gasteiger partial charge in [0.2, 0.25) is 5.91 Å². The molecule has 0 bridgehead atoms. The summed E-state index contributed by atoms with van der Waals surface area (Å²) in [4.78, 5) is 25.4. The van der Waals surface area contributed by atoms with E-state index in [-0.39, 0.29) is 23.1 Å². The van der Waals surface area contributed by atoms with E-state index in [2.05, 4.69) is 5.32 Å². The van der Waals surface area contributed by atoms with E-state index in [0.29, 0.717) is 26.1 Å². The van der Waals surface area contributed by atoms with Crippen molar-refractivity contribution < 1.29 is 13.9 Å². The third kappa shape index (κ3) is 3.67. The fourth-order valence-electron chi connectivity index (χ4n) is 3.21. The lowest BCUT2D eigenvalue weighted by Crippen LogP contribution is -2.50. The molecule has 0 spiro atoms. The Labute approximate surface area is 149 Å². The van der Waals surface area contributed by atoms with Gasteiger partial charge in [-0.25, -0.2) is 4.39 Å². The van der Waals surface area contributed by atoms with Gasteiger partial charge in [0.1, 0.15) is 12.4 Å². The van der Waals surface area contributed by atoms with Crippen LogP contribution in [0.25, 0.3) is 0 Å². The number of amides is 1. The molecule has 1 amide bonds. The van der Waals surface area contributed by atoms with Gasteiger partial charge in [-0.3, -0.25) is 14.2 Å². The summed E-state index contributed by atoms with van der Waals surface area (Å²) in [6.45, 7) is 4.65. The highest BCUT2D eigenvalue weighted by Crippen LogP contribution is 2.32. The average molecular weight is 364 g/mol. The normalized spacial score (nSPS) is 16.6. The van der Waals surface area contributed by atoms with Crippen molar-refractivity contribution in [3.8, 4) is 0 Å². The first-order valence-electron chi connectivity index (χ1n) is 8.23. The first-order valence-corrected chi connectivity index (χ1v) is 9.04. The molecule has 0 aliphatic carbocycles. The Balaban J connectivity index is 1.85. The van der Waals surface area contributed by atoms with Crippen LogP contribution < -0.4 is 10.2 Å². The first-order chi connectivity index (χ1) is 11.9. The maximum atomic E-state index is 13.7. The monoisotopic (exact) mass is 364 g/mol. The molecule has 134 valence electrons. The van der Waals surface area contributed by atoms with Crippen molar-refractivity contribution in [1.82, 2.24) is 9.88 Å². The molecule has 1 aliphatic heterocycles. The summed E-state index contributed by atoms with van der Waals surface area (Å²) < 4.78 is 20.6. The number of carbonyl (C=O) groups is 1. The SMILES string of the molecule is Cc1sc(=O)n(CC(=O)NC2(c3cccc(F)c3)CCOCC2)c1C. The minimum Gasteiger partial charge on any atom is -0.381 e. The molecule has 1 saturated heterocycles. The molecule has 2 aromatic rings. The molecule has 0 radical (unpaired) electrons. The molecule has 1 N–H and O–H groups in total. The smallest absolute Gasteiger partial charge is 0.308 e. The van der Waals surface area contributed by atoms with Crippen LogP contribution in [-0.2, 0) is 21.6 Å². The van der Waals surface area contributed by atoms with Gasteiger partial charge in [-0.2, -0.15) is 0 Å². The van der Waals surface area contributed by atoms with Crippen LogP contribution in [0.15, 0.2) is 29.1 Å². The zero-order valence-electron chi connectivity index (χ0n) is 14.3. The minimum atomic E-state index is -0.667. The number of nitrogens with zero attached hydrogens (tertiary/aromatic N) is 1. The van der Waals surface area contributed by atoms with E-state index in [0.717, 1.165) is 27.5 Å². The van der Waals surface area contributed by atoms with Crippen molar-refractivity contribution in [3.63, 3.8) is 0 Å². The Morgan fingerprint density at radius 1 is 1.36 bits per heavy atom. The maximum Gasteiger partial charge on any atom is 0.308 e. The Bertz CT molecular complexity index is 837. The van der Waals surface area contributed by atoms with Crippen molar-refractivity contribution in [2.24, 2.45) is 0 Å². The quantitative estimate of drug-likeness (QED) is 0.907. The summed E-state index contributed by atoms with van der Waals surface area (Å²) in [6, 6.07) is 6.30. The average Bonchev–Trinajstić information content (AvgIpc) is 2.82. The van der Waals surface area contributed by atoms with Gasteiger partial charge in [-0.05, 0) is 44.4 Å². The third-order valence-electron chi connectivity index (χ3n) is 4.78. The zero-order chi connectivity index (χ0) is 18.0. The molecule has 25 heavy (non-hydrogen) atoms. The predicted octanol–water partition coefficient (Wildman–Crippen LogP) is 2.49. The zero-order valence-corrected chi connectivity index (χ0v) is 15.1. The van der Waals surface area contributed by atoms with Crippen molar-refractivity contribution in [2.75, 3.05) is 13.2 Å². The van der Waals surface area contributed by atoms with Crippen molar-refractivity contribution in [2.45, 2.75) is 38.8 Å². The highest BCUT2D eigenvalue weighted by atomic mass is 32.1. The van der Waals surface area contributed by atoms with Crippen LogP contribution in [0, 0.1) is 19.7 Å². The second-order valence-electron chi connectivity index (χ2n) is 6.35. The molecule has 7 heteroatoms.